The van der Waals surface area contributed by atoms with E-state index in [4.69, 9.17) is 0 Å². The summed E-state index contributed by atoms with van der Waals surface area (Å²) in [4.78, 5) is 30.1. The van der Waals surface area contributed by atoms with Gasteiger partial charge in [-0.05, 0) is 72.5 Å². The van der Waals surface area contributed by atoms with Crippen molar-refractivity contribution in [3.63, 3.8) is 0 Å². The maximum atomic E-state index is 14.3. The lowest BCUT2D eigenvalue weighted by atomic mass is 9.94. The van der Waals surface area contributed by atoms with E-state index in [1.54, 1.807) is 21.7 Å². The molecular formula is C37H34FN5O2. The molecule has 226 valence electrons. The second-order valence-corrected chi connectivity index (χ2v) is 11.4. The average Bonchev–Trinajstić information content (AvgIpc) is 3.48. The van der Waals surface area contributed by atoms with Crippen molar-refractivity contribution in [3.05, 3.63) is 131 Å². The van der Waals surface area contributed by atoms with Crippen LogP contribution in [0.15, 0.2) is 103 Å². The fourth-order valence-electron chi connectivity index (χ4n) is 5.82. The first-order chi connectivity index (χ1) is 22.0. The largest absolute Gasteiger partial charge is 0.351 e. The van der Waals surface area contributed by atoms with E-state index >= 15 is 0 Å². The first kappa shape index (κ1) is 29.8. The van der Waals surface area contributed by atoms with Gasteiger partial charge in [-0.1, -0.05) is 90.9 Å². The lowest BCUT2D eigenvalue weighted by Crippen LogP contribution is -2.47. The van der Waals surface area contributed by atoms with E-state index in [0.717, 1.165) is 43.2 Å². The Bertz CT molecular complexity index is 1840. The lowest BCUT2D eigenvalue weighted by Gasteiger charge is -2.33. The molecule has 45 heavy (non-hydrogen) atoms. The number of hydrogen-bond acceptors (Lipinski definition) is 4. The van der Waals surface area contributed by atoms with Gasteiger partial charge in [-0.15, -0.1) is 5.10 Å². The van der Waals surface area contributed by atoms with Crippen LogP contribution in [0.5, 0.6) is 0 Å². The molecule has 0 aliphatic heterocycles. The molecule has 0 bridgehead atoms. The number of halogens is 1. The molecule has 1 saturated carbocycles. The van der Waals surface area contributed by atoms with Crippen molar-refractivity contribution in [2.45, 2.75) is 57.3 Å². The van der Waals surface area contributed by atoms with E-state index in [9.17, 15) is 14.0 Å². The molecule has 0 unspecified atom stereocenters. The first-order valence-corrected chi connectivity index (χ1v) is 15.3. The van der Waals surface area contributed by atoms with Gasteiger partial charge in [-0.2, -0.15) is 0 Å². The van der Waals surface area contributed by atoms with E-state index < -0.39 is 6.04 Å². The second kappa shape index (κ2) is 14.0. The predicted molar refractivity (Wildman–Crippen MR) is 171 cm³/mol. The number of aromatic nitrogens is 3. The summed E-state index contributed by atoms with van der Waals surface area (Å²) in [5.41, 5.74) is 4.33. The second-order valence-electron chi connectivity index (χ2n) is 11.4. The quantitative estimate of drug-likeness (QED) is 0.216. The highest BCUT2D eigenvalue weighted by molar-refractivity contribution is 5.89. The molecule has 7 nitrogen and oxygen atoms in total. The number of rotatable bonds is 8. The fourth-order valence-corrected chi connectivity index (χ4v) is 5.82. The number of carbonyl (C=O) groups is 2. The number of carbonyl (C=O) groups excluding carboxylic acids is 2. The van der Waals surface area contributed by atoms with Crippen LogP contribution in [0.1, 0.15) is 60.4 Å². The minimum absolute atomic E-state index is 0.0387. The topological polar surface area (TPSA) is 80.1 Å². The van der Waals surface area contributed by atoms with Gasteiger partial charge >= 0.3 is 0 Å². The van der Waals surface area contributed by atoms with Gasteiger partial charge in [0, 0.05) is 23.7 Å². The van der Waals surface area contributed by atoms with Crippen LogP contribution in [-0.4, -0.2) is 37.7 Å². The summed E-state index contributed by atoms with van der Waals surface area (Å²) in [6.07, 6.45) is 5.06. The van der Waals surface area contributed by atoms with Gasteiger partial charge in [0.05, 0.1) is 5.52 Å². The van der Waals surface area contributed by atoms with Crippen molar-refractivity contribution in [2.75, 3.05) is 0 Å². The summed E-state index contributed by atoms with van der Waals surface area (Å²) < 4.78 is 15.4. The minimum atomic E-state index is -0.960. The number of nitrogens with zero attached hydrogens (tertiary/aromatic N) is 4. The van der Waals surface area contributed by atoms with Crippen LogP contribution in [0, 0.1) is 17.7 Å². The fraction of sp³-hybridized carbons (Fsp3) is 0.243. The maximum Gasteiger partial charge on any atom is 0.247 e. The summed E-state index contributed by atoms with van der Waals surface area (Å²) in [7, 11) is 0. The van der Waals surface area contributed by atoms with Crippen LogP contribution >= 0.6 is 0 Å². The first-order valence-electron chi connectivity index (χ1n) is 15.3. The zero-order chi connectivity index (χ0) is 31.0. The van der Waals surface area contributed by atoms with Crippen LogP contribution < -0.4 is 5.32 Å². The number of benzene rings is 4. The van der Waals surface area contributed by atoms with Crippen LogP contribution in [0.2, 0.25) is 0 Å². The number of nitrogens with one attached hydrogen (secondary N) is 1. The molecule has 5 aromatic rings. The van der Waals surface area contributed by atoms with Gasteiger partial charge in [0.2, 0.25) is 11.8 Å². The van der Waals surface area contributed by atoms with E-state index in [2.05, 4.69) is 27.5 Å². The molecule has 1 atom stereocenters. The lowest BCUT2D eigenvalue weighted by molar-refractivity contribution is -0.142. The van der Waals surface area contributed by atoms with E-state index in [1.165, 1.54) is 12.1 Å². The SMILES string of the molecule is O=C(NC1CCCCC1)[C@H](c1cccc(C#Cc2ccccc2)c1)N(Cc1ccc(F)cc1)C(=O)Cn1nnc2ccccc21. The van der Waals surface area contributed by atoms with E-state index in [1.807, 2.05) is 78.9 Å². The molecule has 1 aromatic heterocycles. The normalized spacial score (nSPS) is 13.9. The van der Waals surface area contributed by atoms with E-state index in [-0.39, 0.29) is 36.8 Å². The van der Waals surface area contributed by atoms with Crippen molar-refractivity contribution in [1.82, 2.24) is 25.2 Å². The van der Waals surface area contributed by atoms with Gasteiger partial charge < -0.3 is 10.2 Å². The van der Waals surface area contributed by atoms with Crippen molar-refractivity contribution >= 4 is 22.8 Å². The Kier molecular flexibility index (Phi) is 9.26. The third kappa shape index (κ3) is 7.44. The van der Waals surface area contributed by atoms with Crippen LogP contribution in [0.4, 0.5) is 4.39 Å². The molecule has 1 aliphatic carbocycles. The summed E-state index contributed by atoms with van der Waals surface area (Å²) in [6.45, 7) is -0.0309. The highest BCUT2D eigenvalue weighted by atomic mass is 19.1. The molecule has 0 saturated heterocycles. The Morgan fingerprint density at radius 2 is 1.58 bits per heavy atom. The molecule has 8 heteroatoms. The molecule has 2 amide bonds. The Morgan fingerprint density at radius 3 is 2.38 bits per heavy atom. The van der Waals surface area contributed by atoms with Crippen molar-refractivity contribution < 1.29 is 14.0 Å². The number of fused-ring (bicyclic) bond motifs is 1. The smallest absolute Gasteiger partial charge is 0.247 e. The highest BCUT2D eigenvalue weighted by Gasteiger charge is 2.33. The summed E-state index contributed by atoms with van der Waals surface area (Å²) >= 11 is 0. The highest BCUT2D eigenvalue weighted by Crippen LogP contribution is 2.27. The molecule has 1 heterocycles. The van der Waals surface area contributed by atoms with Crippen molar-refractivity contribution in [2.24, 2.45) is 0 Å². The molecule has 1 N–H and O–H groups in total. The molecule has 1 fully saturated rings. The van der Waals surface area contributed by atoms with Crippen molar-refractivity contribution in [1.29, 1.82) is 0 Å². The third-order valence-corrected chi connectivity index (χ3v) is 8.13. The monoisotopic (exact) mass is 599 g/mol. The summed E-state index contributed by atoms with van der Waals surface area (Å²) in [5.74, 6) is 5.44. The van der Waals surface area contributed by atoms with Crippen LogP contribution in [0.3, 0.4) is 0 Å². The number of para-hydroxylation sites is 1. The minimum Gasteiger partial charge on any atom is -0.351 e. The van der Waals surface area contributed by atoms with Gasteiger partial charge in [0.25, 0.3) is 0 Å². The Balaban J connectivity index is 1.39. The summed E-state index contributed by atoms with van der Waals surface area (Å²) in [5, 5.41) is 11.7. The van der Waals surface area contributed by atoms with Gasteiger partial charge in [-0.25, -0.2) is 9.07 Å². The molecule has 0 spiro atoms. The Labute approximate surface area is 262 Å². The van der Waals surface area contributed by atoms with E-state index in [0.29, 0.717) is 22.2 Å². The average molecular weight is 600 g/mol. The van der Waals surface area contributed by atoms with Gasteiger partial charge in [0.1, 0.15) is 23.9 Å². The molecule has 6 rings (SSSR count). The molecule has 4 aromatic carbocycles. The Hall–Kier alpha value is -5.29. The Morgan fingerprint density at radius 1 is 0.867 bits per heavy atom. The van der Waals surface area contributed by atoms with Crippen molar-refractivity contribution in [3.8, 4) is 11.8 Å². The predicted octanol–water partition coefficient (Wildman–Crippen LogP) is 6.19. The molecular weight excluding hydrogens is 565 g/mol. The van der Waals surface area contributed by atoms with Crippen LogP contribution in [0.25, 0.3) is 11.0 Å². The van der Waals surface area contributed by atoms with Crippen LogP contribution in [-0.2, 0) is 22.7 Å². The maximum absolute atomic E-state index is 14.3. The van der Waals surface area contributed by atoms with Gasteiger partial charge in [-0.3, -0.25) is 9.59 Å². The van der Waals surface area contributed by atoms with Gasteiger partial charge in [0.15, 0.2) is 0 Å². The third-order valence-electron chi connectivity index (χ3n) is 8.13. The molecule has 1 aliphatic rings. The zero-order valence-corrected chi connectivity index (χ0v) is 24.9. The molecule has 0 radical (unpaired) electrons. The zero-order valence-electron chi connectivity index (χ0n) is 24.9. The summed E-state index contributed by atoms with van der Waals surface area (Å²) in [6, 6.07) is 29.7. The standard InChI is InChI=1S/C37H34FN5O2/c38-31-22-20-29(21-23-31)25-42(35(44)26-43-34-17-8-7-16-33(34)40-41-43)36(37(45)39-32-14-5-2-6-15-32)30-13-9-12-28(24-30)19-18-27-10-3-1-4-11-27/h1,3-4,7-13,16-17,20-24,32,36H,2,5-6,14-15,25-26H2,(H,39,45)/t36-/m0/s1. The number of hydrogen-bond donors (Lipinski definition) is 1. The number of amides is 2.